The van der Waals surface area contributed by atoms with Gasteiger partial charge in [0.2, 0.25) is 0 Å². The van der Waals surface area contributed by atoms with Crippen LogP contribution in [-0.2, 0) is 6.42 Å². The van der Waals surface area contributed by atoms with Crippen LogP contribution in [0.1, 0.15) is 79.1 Å². The lowest BCUT2D eigenvalue weighted by Gasteiger charge is -2.38. The van der Waals surface area contributed by atoms with Gasteiger partial charge in [0, 0.05) is 28.8 Å². The lowest BCUT2D eigenvalue weighted by Crippen LogP contribution is -2.42. The van der Waals surface area contributed by atoms with Crippen LogP contribution in [0, 0.1) is 6.92 Å². The molecule has 0 bridgehead atoms. The molecule has 2 N–H and O–H groups in total. The zero-order valence-corrected chi connectivity index (χ0v) is 22.2. The molecule has 0 saturated heterocycles. The Labute approximate surface area is 214 Å². The van der Waals surface area contributed by atoms with Gasteiger partial charge in [-0.3, -0.25) is 0 Å². The lowest BCUT2D eigenvalue weighted by atomic mass is 9.90. The molecule has 4 aromatic rings. The van der Waals surface area contributed by atoms with Gasteiger partial charge < -0.3 is 15.2 Å². The standard InChI is InChI=1S/C31H35N3S/c1-19(2)22-8-10-23(11-9-22)30-29-26(27-18-24(20(3)4)12-15-28(27)33-29)16-17-34(30)31(35)32-25-13-6-21(5)7-14-25/h6-15,18-20,30,33H,16-17H2,1-5H3,(H,32,35). The van der Waals surface area contributed by atoms with Gasteiger partial charge in [-0.2, -0.15) is 0 Å². The zero-order chi connectivity index (χ0) is 24.7. The van der Waals surface area contributed by atoms with Gasteiger partial charge in [0.25, 0.3) is 0 Å². The number of benzene rings is 3. The summed E-state index contributed by atoms with van der Waals surface area (Å²) in [5, 5.41) is 5.62. The number of H-pyrrole nitrogens is 1. The van der Waals surface area contributed by atoms with Crippen molar-refractivity contribution in [2.45, 2.75) is 58.9 Å². The van der Waals surface area contributed by atoms with Crippen molar-refractivity contribution < 1.29 is 0 Å². The van der Waals surface area contributed by atoms with E-state index < -0.39 is 0 Å². The molecule has 3 nitrogen and oxygen atoms in total. The highest BCUT2D eigenvalue weighted by Crippen LogP contribution is 2.40. The first-order valence-corrected chi connectivity index (χ1v) is 13.1. The predicted octanol–water partition coefficient (Wildman–Crippen LogP) is 8.07. The number of aryl methyl sites for hydroxylation is 1. The van der Waals surface area contributed by atoms with Crippen LogP contribution in [0.4, 0.5) is 5.69 Å². The van der Waals surface area contributed by atoms with Crippen LogP contribution >= 0.6 is 12.2 Å². The molecule has 0 radical (unpaired) electrons. The number of hydrogen-bond donors (Lipinski definition) is 2. The van der Waals surface area contributed by atoms with E-state index in [1.165, 1.54) is 44.4 Å². The summed E-state index contributed by atoms with van der Waals surface area (Å²) in [6.45, 7) is 12.0. The summed E-state index contributed by atoms with van der Waals surface area (Å²) in [5.74, 6) is 1.02. The minimum atomic E-state index is 0.0420. The van der Waals surface area contributed by atoms with Crippen LogP contribution < -0.4 is 5.32 Å². The summed E-state index contributed by atoms with van der Waals surface area (Å²) >= 11 is 6.00. The fraction of sp³-hybridized carbons (Fsp3) is 0.323. The van der Waals surface area contributed by atoms with Gasteiger partial charge in [-0.15, -0.1) is 0 Å². The molecule has 180 valence electrons. The third kappa shape index (κ3) is 4.60. The second kappa shape index (κ2) is 9.50. The first kappa shape index (κ1) is 23.6. The highest BCUT2D eigenvalue weighted by atomic mass is 32.1. The van der Waals surface area contributed by atoms with Crippen molar-refractivity contribution in [1.29, 1.82) is 0 Å². The number of hydrogen-bond acceptors (Lipinski definition) is 1. The molecule has 1 aliphatic rings. The van der Waals surface area contributed by atoms with E-state index in [1.807, 2.05) is 0 Å². The van der Waals surface area contributed by atoms with E-state index in [1.54, 1.807) is 0 Å². The second-order valence-corrected chi connectivity index (χ2v) is 10.8. The molecule has 1 atom stereocenters. The summed E-state index contributed by atoms with van der Waals surface area (Å²) in [5.41, 5.74) is 10.2. The Balaban J connectivity index is 1.58. The van der Waals surface area contributed by atoms with Gasteiger partial charge in [0.15, 0.2) is 5.11 Å². The molecule has 35 heavy (non-hydrogen) atoms. The van der Waals surface area contributed by atoms with E-state index in [4.69, 9.17) is 12.2 Å². The van der Waals surface area contributed by atoms with Crippen molar-refractivity contribution in [3.8, 4) is 0 Å². The van der Waals surface area contributed by atoms with Crippen LogP contribution in [0.15, 0.2) is 66.7 Å². The van der Waals surface area contributed by atoms with Crippen LogP contribution in [-0.4, -0.2) is 21.5 Å². The second-order valence-electron chi connectivity index (χ2n) is 10.4. The molecule has 2 heterocycles. The average Bonchev–Trinajstić information content (AvgIpc) is 3.22. The highest BCUT2D eigenvalue weighted by Gasteiger charge is 2.33. The Morgan fingerprint density at radius 3 is 2.23 bits per heavy atom. The fourth-order valence-electron chi connectivity index (χ4n) is 5.13. The Morgan fingerprint density at radius 1 is 0.914 bits per heavy atom. The first-order chi connectivity index (χ1) is 16.8. The minimum Gasteiger partial charge on any atom is -0.356 e. The molecule has 1 aromatic heterocycles. The fourth-order valence-corrected chi connectivity index (χ4v) is 5.44. The molecule has 1 aliphatic heterocycles. The van der Waals surface area contributed by atoms with Gasteiger partial charge in [-0.05, 0) is 83.9 Å². The number of anilines is 1. The first-order valence-electron chi connectivity index (χ1n) is 12.7. The van der Waals surface area contributed by atoms with Crippen LogP contribution in [0.5, 0.6) is 0 Å². The molecule has 0 fully saturated rings. The largest absolute Gasteiger partial charge is 0.356 e. The van der Waals surface area contributed by atoms with Crippen molar-refractivity contribution in [3.05, 3.63) is 100 Å². The monoisotopic (exact) mass is 481 g/mol. The summed E-state index contributed by atoms with van der Waals surface area (Å²) < 4.78 is 0. The van der Waals surface area contributed by atoms with Gasteiger partial charge in [-0.1, -0.05) is 75.7 Å². The summed E-state index contributed by atoms with van der Waals surface area (Å²) in [6.07, 6.45) is 0.965. The van der Waals surface area contributed by atoms with Gasteiger partial charge in [-0.25, -0.2) is 0 Å². The molecule has 0 spiro atoms. The molecular formula is C31H35N3S. The van der Waals surface area contributed by atoms with E-state index >= 15 is 0 Å². The molecule has 0 amide bonds. The van der Waals surface area contributed by atoms with Gasteiger partial charge >= 0.3 is 0 Å². The maximum atomic E-state index is 6.00. The lowest BCUT2D eigenvalue weighted by molar-refractivity contribution is 0.339. The number of fused-ring (bicyclic) bond motifs is 3. The third-order valence-corrected chi connectivity index (χ3v) is 7.64. The van der Waals surface area contributed by atoms with Gasteiger partial charge in [0.05, 0.1) is 6.04 Å². The smallest absolute Gasteiger partial charge is 0.174 e. The summed E-state index contributed by atoms with van der Waals surface area (Å²) in [4.78, 5) is 6.14. The SMILES string of the molecule is Cc1ccc(NC(=S)N2CCc3c([nH]c4ccc(C(C)C)cc34)C2c2ccc(C(C)C)cc2)cc1. The normalized spacial score (nSPS) is 15.6. The maximum Gasteiger partial charge on any atom is 0.174 e. The topological polar surface area (TPSA) is 31.1 Å². The Morgan fingerprint density at radius 2 is 1.57 bits per heavy atom. The molecule has 0 aliphatic carbocycles. The average molecular weight is 482 g/mol. The molecule has 4 heteroatoms. The number of aromatic nitrogens is 1. The number of nitrogens with zero attached hydrogens (tertiary/aromatic N) is 1. The highest BCUT2D eigenvalue weighted by molar-refractivity contribution is 7.80. The van der Waals surface area contributed by atoms with Crippen molar-refractivity contribution >= 4 is 33.9 Å². The predicted molar refractivity (Wildman–Crippen MR) is 153 cm³/mol. The van der Waals surface area contributed by atoms with E-state index in [-0.39, 0.29) is 6.04 Å². The molecule has 3 aromatic carbocycles. The Hall–Kier alpha value is -3.11. The number of rotatable bonds is 4. The quantitative estimate of drug-likeness (QED) is 0.289. The molecular weight excluding hydrogens is 446 g/mol. The maximum absolute atomic E-state index is 6.00. The van der Waals surface area contributed by atoms with Crippen molar-refractivity contribution in [2.24, 2.45) is 0 Å². The number of thiocarbonyl (C=S) groups is 1. The van der Waals surface area contributed by atoms with Crippen molar-refractivity contribution in [3.63, 3.8) is 0 Å². The van der Waals surface area contributed by atoms with E-state index in [9.17, 15) is 0 Å². The Bertz CT molecular complexity index is 1350. The minimum absolute atomic E-state index is 0.0420. The van der Waals surface area contributed by atoms with Crippen molar-refractivity contribution in [1.82, 2.24) is 9.88 Å². The number of nitrogens with one attached hydrogen (secondary N) is 2. The van der Waals surface area contributed by atoms with Crippen molar-refractivity contribution in [2.75, 3.05) is 11.9 Å². The zero-order valence-electron chi connectivity index (χ0n) is 21.4. The third-order valence-electron chi connectivity index (χ3n) is 7.30. The number of aromatic amines is 1. The van der Waals surface area contributed by atoms with E-state index in [0.717, 1.165) is 23.8 Å². The van der Waals surface area contributed by atoms with E-state index in [2.05, 4.69) is 117 Å². The van der Waals surface area contributed by atoms with Crippen LogP contribution in [0.2, 0.25) is 0 Å². The van der Waals surface area contributed by atoms with Crippen LogP contribution in [0.3, 0.4) is 0 Å². The van der Waals surface area contributed by atoms with E-state index in [0.29, 0.717) is 11.8 Å². The molecule has 1 unspecified atom stereocenters. The summed E-state index contributed by atoms with van der Waals surface area (Å²) in [7, 11) is 0. The summed E-state index contributed by atoms with van der Waals surface area (Å²) in [6, 6.07) is 24.4. The molecule has 0 saturated carbocycles. The molecule has 5 rings (SSSR count). The van der Waals surface area contributed by atoms with Gasteiger partial charge in [0.1, 0.15) is 0 Å². The Kier molecular flexibility index (Phi) is 6.41. The van der Waals surface area contributed by atoms with Crippen LogP contribution in [0.25, 0.3) is 10.9 Å².